The SMILES string of the molecule is N#C/C(=C/c1ccc(OCC(=O)Nc2ccc(F)cc2)c(Cl)c1)C(=O)NCCCc1ccccc1. The van der Waals surface area contributed by atoms with Gasteiger partial charge in [-0.2, -0.15) is 5.26 Å². The molecule has 178 valence electrons. The van der Waals surface area contributed by atoms with Gasteiger partial charge < -0.3 is 15.4 Å². The first-order valence-corrected chi connectivity index (χ1v) is 11.2. The van der Waals surface area contributed by atoms with Crippen LogP contribution in [0.3, 0.4) is 0 Å². The summed E-state index contributed by atoms with van der Waals surface area (Å²) in [5.74, 6) is -1.04. The molecule has 35 heavy (non-hydrogen) atoms. The maximum absolute atomic E-state index is 12.9. The van der Waals surface area contributed by atoms with Gasteiger partial charge in [0.15, 0.2) is 6.61 Å². The summed E-state index contributed by atoms with van der Waals surface area (Å²) in [5, 5.41) is 14.9. The van der Waals surface area contributed by atoms with E-state index >= 15 is 0 Å². The van der Waals surface area contributed by atoms with Gasteiger partial charge in [-0.3, -0.25) is 9.59 Å². The van der Waals surface area contributed by atoms with Gasteiger partial charge in [0.25, 0.3) is 11.8 Å². The van der Waals surface area contributed by atoms with Crippen molar-refractivity contribution in [2.45, 2.75) is 12.8 Å². The van der Waals surface area contributed by atoms with Crippen LogP contribution in [-0.4, -0.2) is 25.0 Å². The van der Waals surface area contributed by atoms with Crippen molar-refractivity contribution in [3.05, 3.63) is 100 Å². The first kappa shape index (κ1) is 25.5. The maximum atomic E-state index is 12.9. The Morgan fingerprint density at radius 1 is 1.06 bits per heavy atom. The molecule has 8 heteroatoms. The summed E-state index contributed by atoms with van der Waals surface area (Å²) in [7, 11) is 0. The summed E-state index contributed by atoms with van der Waals surface area (Å²) >= 11 is 6.25. The largest absolute Gasteiger partial charge is 0.482 e. The Morgan fingerprint density at radius 2 is 1.80 bits per heavy atom. The van der Waals surface area contributed by atoms with E-state index in [1.165, 1.54) is 42.0 Å². The van der Waals surface area contributed by atoms with Gasteiger partial charge in [0, 0.05) is 12.2 Å². The second-order valence-electron chi connectivity index (χ2n) is 7.55. The Balaban J connectivity index is 1.51. The number of hydrogen-bond acceptors (Lipinski definition) is 4. The minimum Gasteiger partial charge on any atom is -0.482 e. The Hall–Kier alpha value is -4.15. The monoisotopic (exact) mass is 491 g/mol. The molecule has 0 aliphatic rings. The van der Waals surface area contributed by atoms with E-state index in [0.717, 1.165) is 12.8 Å². The smallest absolute Gasteiger partial charge is 0.262 e. The van der Waals surface area contributed by atoms with Crippen LogP contribution >= 0.6 is 11.6 Å². The highest BCUT2D eigenvalue weighted by Crippen LogP contribution is 2.26. The molecule has 0 saturated carbocycles. The highest BCUT2D eigenvalue weighted by Gasteiger charge is 2.11. The third-order valence-corrected chi connectivity index (χ3v) is 5.18. The number of ether oxygens (including phenoxy) is 1. The van der Waals surface area contributed by atoms with Gasteiger partial charge in [-0.05, 0) is 66.4 Å². The Labute approximate surface area is 208 Å². The molecule has 0 aliphatic heterocycles. The van der Waals surface area contributed by atoms with Crippen LogP contribution in [0.1, 0.15) is 17.5 Å². The van der Waals surface area contributed by atoms with Crippen LogP contribution in [0.25, 0.3) is 6.08 Å². The summed E-state index contributed by atoms with van der Waals surface area (Å²) in [6.07, 6.45) is 3.01. The summed E-state index contributed by atoms with van der Waals surface area (Å²) in [5.41, 5.74) is 2.11. The van der Waals surface area contributed by atoms with Crippen LogP contribution in [-0.2, 0) is 16.0 Å². The van der Waals surface area contributed by atoms with E-state index in [2.05, 4.69) is 10.6 Å². The Bertz CT molecular complexity index is 1240. The van der Waals surface area contributed by atoms with Gasteiger partial charge in [0.1, 0.15) is 23.2 Å². The van der Waals surface area contributed by atoms with Crippen molar-refractivity contribution in [2.24, 2.45) is 0 Å². The van der Waals surface area contributed by atoms with E-state index in [-0.39, 0.29) is 23.0 Å². The van der Waals surface area contributed by atoms with Crippen molar-refractivity contribution in [3.63, 3.8) is 0 Å². The molecule has 0 aliphatic carbocycles. The number of nitrogens with zero attached hydrogens (tertiary/aromatic N) is 1. The molecule has 0 aromatic heterocycles. The van der Waals surface area contributed by atoms with Crippen LogP contribution in [0.4, 0.5) is 10.1 Å². The van der Waals surface area contributed by atoms with Crippen LogP contribution in [0.5, 0.6) is 5.75 Å². The van der Waals surface area contributed by atoms with Crippen molar-refractivity contribution in [2.75, 3.05) is 18.5 Å². The molecule has 0 heterocycles. The number of hydrogen-bond donors (Lipinski definition) is 2. The zero-order valence-corrected chi connectivity index (χ0v) is 19.5. The van der Waals surface area contributed by atoms with Crippen molar-refractivity contribution < 1.29 is 18.7 Å². The van der Waals surface area contributed by atoms with Crippen LogP contribution < -0.4 is 15.4 Å². The van der Waals surface area contributed by atoms with E-state index in [9.17, 15) is 19.2 Å². The lowest BCUT2D eigenvalue weighted by molar-refractivity contribution is -0.118. The molecule has 0 radical (unpaired) electrons. The van der Waals surface area contributed by atoms with Gasteiger partial charge in [-0.15, -0.1) is 0 Å². The number of carbonyl (C=O) groups is 2. The molecule has 0 bridgehead atoms. The molecular formula is C27H23ClFN3O3. The number of aryl methyl sites for hydroxylation is 1. The highest BCUT2D eigenvalue weighted by molar-refractivity contribution is 6.32. The van der Waals surface area contributed by atoms with Crippen molar-refractivity contribution in [3.8, 4) is 11.8 Å². The summed E-state index contributed by atoms with van der Waals surface area (Å²) in [6, 6.07) is 21.9. The van der Waals surface area contributed by atoms with Gasteiger partial charge >= 0.3 is 0 Å². The van der Waals surface area contributed by atoms with Gasteiger partial charge in [-0.25, -0.2) is 4.39 Å². The highest BCUT2D eigenvalue weighted by atomic mass is 35.5. The zero-order valence-electron chi connectivity index (χ0n) is 18.8. The average Bonchev–Trinajstić information content (AvgIpc) is 2.86. The zero-order chi connectivity index (χ0) is 25.0. The molecule has 0 atom stereocenters. The van der Waals surface area contributed by atoms with E-state index in [1.54, 1.807) is 12.1 Å². The minimum atomic E-state index is -0.463. The molecule has 6 nitrogen and oxygen atoms in total. The first-order chi connectivity index (χ1) is 16.9. The van der Waals surface area contributed by atoms with E-state index in [1.807, 2.05) is 36.4 Å². The normalized spacial score (nSPS) is 10.8. The van der Waals surface area contributed by atoms with Gasteiger partial charge in [0.2, 0.25) is 0 Å². The van der Waals surface area contributed by atoms with Crippen molar-refractivity contribution in [1.82, 2.24) is 5.32 Å². The number of rotatable bonds is 10. The second-order valence-corrected chi connectivity index (χ2v) is 7.96. The number of amides is 2. The second kappa shape index (κ2) is 12.9. The fourth-order valence-corrected chi connectivity index (χ4v) is 3.39. The fourth-order valence-electron chi connectivity index (χ4n) is 3.15. The summed E-state index contributed by atoms with van der Waals surface area (Å²) in [4.78, 5) is 24.4. The molecule has 0 spiro atoms. The van der Waals surface area contributed by atoms with Gasteiger partial charge in [-0.1, -0.05) is 48.0 Å². The molecule has 3 rings (SSSR count). The molecule has 3 aromatic carbocycles. The molecule has 0 saturated heterocycles. The number of nitriles is 1. The Kier molecular flexibility index (Phi) is 9.40. The van der Waals surface area contributed by atoms with Crippen LogP contribution in [0.2, 0.25) is 5.02 Å². The molecule has 2 N–H and O–H groups in total. The lowest BCUT2D eigenvalue weighted by Crippen LogP contribution is -2.25. The van der Waals surface area contributed by atoms with Crippen molar-refractivity contribution >= 4 is 35.2 Å². The third kappa shape index (κ3) is 8.29. The predicted molar refractivity (Wildman–Crippen MR) is 133 cm³/mol. The number of nitrogens with one attached hydrogen (secondary N) is 2. The average molecular weight is 492 g/mol. The van der Waals surface area contributed by atoms with Gasteiger partial charge in [0.05, 0.1) is 5.02 Å². The molecular weight excluding hydrogens is 469 g/mol. The fraction of sp³-hybridized carbons (Fsp3) is 0.148. The molecule has 3 aromatic rings. The lowest BCUT2D eigenvalue weighted by atomic mass is 10.1. The molecule has 2 amide bonds. The molecule has 0 fully saturated rings. The number of carbonyl (C=O) groups excluding carboxylic acids is 2. The first-order valence-electron chi connectivity index (χ1n) is 10.9. The van der Waals surface area contributed by atoms with E-state index in [0.29, 0.717) is 17.8 Å². The number of benzene rings is 3. The van der Waals surface area contributed by atoms with Crippen LogP contribution in [0.15, 0.2) is 78.4 Å². The van der Waals surface area contributed by atoms with Crippen LogP contribution in [0, 0.1) is 17.1 Å². The topological polar surface area (TPSA) is 91.2 Å². The number of anilines is 1. The quantitative estimate of drug-likeness (QED) is 0.233. The van der Waals surface area contributed by atoms with Crippen molar-refractivity contribution in [1.29, 1.82) is 5.26 Å². The maximum Gasteiger partial charge on any atom is 0.262 e. The number of halogens is 2. The third-order valence-electron chi connectivity index (χ3n) is 4.89. The van der Waals surface area contributed by atoms with E-state index in [4.69, 9.17) is 16.3 Å². The van der Waals surface area contributed by atoms with E-state index < -0.39 is 17.6 Å². The Morgan fingerprint density at radius 3 is 2.49 bits per heavy atom. The summed E-state index contributed by atoms with van der Waals surface area (Å²) < 4.78 is 18.4. The minimum absolute atomic E-state index is 0.0480. The molecule has 0 unspecified atom stereocenters. The lowest BCUT2D eigenvalue weighted by Gasteiger charge is -2.10. The summed E-state index contributed by atoms with van der Waals surface area (Å²) in [6.45, 7) is 0.140. The predicted octanol–water partition coefficient (Wildman–Crippen LogP) is 5.15. The standard InChI is InChI=1S/C27H23ClFN3O3/c28-24-16-20(8-13-25(24)35-18-26(33)32-23-11-9-22(29)10-12-23)15-21(17-30)27(34)31-14-4-7-19-5-2-1-3-6-19/h1-3,5-6,8-13,15-16H,4,7,14,18H2,(H,31,34)(H,32,33)/b21-15-.